The monoisotopic (exact) mass is 444 g/mol. The lowest BCUT2D eigenvalue weighted by molar-refractivity contribution is -0.143. The lowest BCUT2D eigenvalue weighted by Crippen LogP contribution is -2.52. The van der Waals surface area contributed by atoms with Gasteiger partial charge in [0.2, 0.25) is 5.91 Å². The third kappa shape index (κ3) is 7.49. The van der Waals surface area contributed by atoms with Crippen molar-refractivity contribution in [1.29, 1.82) is 0 Å². The Bertz CT molecular complexity index is 1040. The standard InChI is InChI=1S/C28H32N2O3/c1-21(2)29-28(32)26(18-23-12-6-4-7-13-23)30(19-24-14-8-5-9-15-24)27(31)20-33-25-16-10-11-22(3)17-25/h4-17,21,26H,18-20H2,1-3H3,(H,29,32)/t26-/m0/s1. The number of carbonyl (C=O) groups is 2. The van der Waals surface area contributed by atoms with E-state index in [1.165, 1.54) is 0 Å². The van der Waals surface area contributed by atoms with Gasteiger partial charge in [-0.15, -0.1) is 0 Å². The molecule has 0 aliphatic heterocycles. The molecule has 0 unspecified atom stereocenters. The Hall–Kier alpha value is -3.60. The van der Waals surface area contributed by atoms with E-state index in [0.717, 1.165) is 16.7 Å². The van der Waals surface area contributed by atoms with E-state index >= 15 is 0 Å². The summed E-state index contributed by atoms with van der Waals surface area (Å²) >= 11 is 0. The molecule has 0 aliphatic carbocycles. The summed E-state index contributed by atoms with van der Waals surface area (Å²) in [7, 11) is 0. The third-order valence-electron chi connectivity index (χ3n) is 5.25. The molecule has 172 valence electrons. The summed E-state index contributed by atoms with van der Waals surface area (Å²) in [5.74, 6) is 0.225. The van der Waals surface area contributed by atoms with Gasteiger partial charge in [-0.1, -0.05) is 72.8 Å². The third-order valence-corrected chi connectivity index (χ3v) is 5.25. The van der Waals surface area contributed by atoms with E-state index in [4.69, 9.17) is 4.74 Å². The predicted octanol–water partition coefficient (Wildman–Crippen LogP) is 4.54. The van der Waals surface area contributed by atoms with Crippen LogP contribution in [0, 0.1) is 6.92 Å². The minimum Gasteiger partial charge on any atom is -0.484 e. The van der Waals surface area contributed by atoms with Gasteiger partial charge in [-0.2, -0.15) is 0 Å². The van der Waals surface area contributed by atoms with Crippen molar-refractivity contribution in [2.45, 2.75) is 45.8 Å². The van der Waals surface area contributed by atoms with E-state index in [2.05, 4.69) is 5.32 Å². The zero-order valence-corrected chi connectivity index (χ0v) is 19.5. The molecule has 0 fully saturated rings. The van der Waals surface area contributed by atoms with Gasteiger partial charge in [0.25, 0.3) is 5.91 Å². The average Bonchev–Trinajstić information content (AvgIpc) is 2.80. The van der Waals surface area contributed by atoms with Gasteiger partial charge in [-0.25, -0.2) is 0 Å². The predicted molar refractivity (Wildman–Crippen MR) is 131 cm³/mol. The number of benzene rings is 3. The molecule has 3 aromatic rings. The van der Waals surface area contributed by atoms with Crippen molar-refractivity contribution in [3.05, 3.63) is 102 Å². The van der Waals surface area contributed by atoms with Gasteiger partial charge in [0.1, 0.15) is 11.8 Å². The molecule has 0 heterocycles. The molecule has 3 aromatic carbocycles. The van der Waals surface area contributed by atoms with Crippen molar-refractivity contribution in [2.75, 3.05) is 6.61 Å². The molecule has 0 bridgehead atoms. The molecule has 5 nitrogen and oxygen atoms in total. The molecule has 0 aromatic heterocycles. The number of hydrogen-bond acceptors (Lipinski definition) is 3. The lowest BCUT2D eigenvalue weighted by atomic mass is 10.0. The molecule has 2 amide bonds. The van der Waals surface area contributed by atoms with Crippen LogP contribution in [0.15, 0.2) is 84.9 Å². The number of nitrogens with one attached hydrogen (secondary N) is 1. The molecule has 0 saturated carbocycles. The quantitative estimate of drug-likeness (QED) is 0.500. The minimum absolute atomic E-state index is 0.0343. The van der Waals surface area contributed by atoms with E-state index in [1.54, 1.807) is 4.90 Å². The number of amides is 2. The first-order valence-electron chi connectivity index (χ1n) is 11.3. The Balaban J connectivity index is 1.88. The summed E-state index contributed by atoms with van der Waals surface area (Å²) in [4.78, 5) is 28.4. The smallest absolute Gasteiger partial charge is 0.261 e. The van der Waals surface area contributed by atoms with Crippen molar-refractivity contribution in [1.82, 2.24) is 10.2 Å². The van der Waals surface area contributed by atoms with E-state index < -0.39 is 6.04 Å². The maximum atomic E-state index is 13.4. The maximum Gasteiger partial charge on any atom is 0.261 e. The summed E-state index contributed by atoms with van der Waals surface area (Å²) in [6, 6.07) is 26.4. The second kappa shape index (κ2) is 11.9. The summed E-state index contributed by atoms with van der Waals surface area (Å²) in [5, 5.41) is 2.99. The van der Waals surface area contributed by atoms with E-state index in [1.807, 2.05) is 106 Å². The highest BCUT2D eigenvalue weighted by molar-refractivity contribution is 5.88. The summed E-state index contributed by atoms with van der Waals surface area (Å²) in [6.07, 6.45) is 0.419. The van der Waals surface area contributed by atoms with Gasteiger partial charge in [-0.3, -0.25) is 9.59 Å². The summed E-state index contributed by atoms with van der Waals surface area (Å²) < 4.78 is 5.81. The zero-order chi connectivity index (χ0) is 23.6. The van der Waals surface area contributed by atoms with Gasteiger partial charge in [0.15, 0.2) is 6.61 Å². The average molecular weight is 445 g/mol. The van der Waals surface area contributed by atoms with E-state index in [-0.39, 0.29) is 24.5 Å². The number of nitrogens with zero attached hydrogens (tertiary/aromatic N) is 1. The normalized spacial score (nSPS) is 11.6. The SMILES string of the molecule is Cc1cccc(OCC(=O)N(Cc2ccccc2)[C@@H](Cc2ccccc2)C(=O)NC(C)C)c1. The number of hydrogen-bond donors (Lipinski definition) is 1. The fourth-order valence-corrected chi connectivity index (χ4v) is 3.65. The Morgan fingerprint density at radius 1 is 0.879 bits per heavy atom. The van der Waals surface area contributed by atoms with Crippen LogP contribution in [-0.4, -0.2) is 35.4 Å². The number of carbonyl (C=O) groups excluding carboxylic acids is 2. The van der Waals surface area contributed by atoms with Crippen LogP contribution in [-0.2, 0) is 22.6 Å². The summed E-state index contributed by atoms with van der Waals surface area (Å²) in [5.41, 5.74) is 3.00. The molecular weight excluding hydrogens is 412 g/mol. The highest BCUT2D eigenvalue weighted by Crippen LogP contribution is 2.17. The number of rotatable bonds is 10. The van der Waals surface area contributed by atoms with Crippen LogP contribution in [0.2, 0.25) is 0 Å². The van der Waals surface area contributed by atoms with Crippen molar-refractivity contribution in [3.8, 4) is 5.75 Å². The van der Waals surface area contributed by atoms with E-state index in [0.29, 0.717) is 18.7 Å². The molecule has 3 rings (SSSR count). The fraction of sp³-hybridized carbons (Fsp3) is 0.286. The molecule has 0 aliphatic rings. The first-order chi connectivity index (χ1) is 15.9. The topological polar surface area (TPSA) is 58.6 Å². The largest absolute Gasteiger partial charge is 0.484 e. The number of aryl methyl sites for hydroxylation is 1. The molecule has 0 saturated heterocycles. The van der Waals surface area contributed by atoms with Crippen molar-refractivity contribution in [3.63, 3.8) is 0 Å². The molecular formula is C28H32N2O3. The molecule has 0 radical (unpaired) electrons. The van der Waals surface area contributed by atoms with Crippen molar-refractivity contribution in [2.24, 2.45) is 0 Å². The zero-order valence-electron chi connectivity index (χ0n) is 19.5. The van der Waals surface area contributed by atoms with E-state index in [9.17, 15) is 9.59 Å². The second-order valence-corrected chi connectivity index (χ2v) is 8.48. The van der Waals surface area contributed by atoms with Gasteiger partial charge in [0.05, 0.1) is 0 Å². The van der Waals surface area contributed by atoms with Gasteiger partial charge < -0.3 is 15.0 Å². The van der Waals surface area contributed by atoms with Crippen LogP contribution in [0.3, 0.4) is 0 Å². The Morgan fingerprint density at radius 3 is 2.12 bits per heavy atom. The molecule has 1 N–H and O–H groups in total. The molecule has 1 atom stereocenters. The maximum absolute atomic E-state index is 13.4. The van der Waals surface area contributed by atoms with Crippen molar-refractivity contribution >= 4 is 11.8 Å². The second-order valence-electron chi connectivity index (χ2n) is 8.48. The Kier molecular flexibility index (Phi) is 8.64. The van der Waals surface area contributed by atoms with Gasteiger partial charge >= 0.3 is 0 Å². The first-order valence-corrected chi connectivity index (χ1v) is 11.3. The summed E-state index contributed by atoms with van der Waals surface area (Å²) in [6.45, 7) is 5.99. The first kappa shape index (κ1) is 24.1. The highest BCUT2D eigenvalue weighted by Gasteiger charge is 2.31. The van der Waals surface area contributed by atoms with Crippen LogP contribution in [0.4, 0.5) is 0 Å². The number of ether oxygens (including phenoxy) is 1. The Labute approximate surface area is 196 Å². The van der Waals surface area contributed by atoms with Crippen LogP contribution in [0.1, 0.15) is 30.5 Å². The molecule has 0 spiro atoms. The fourth-order valence-electron chi connectivity index (χ4n) is 3.65. The lowest BCUT2D eigenvalue weighted by Gasteiger charge is -2.32. The van der Waals surface area contributed by atoms with Crippen LogP contribution >= 0.6 is 0 Å². The Morgan fingerprint density at radius 2 is 1.52 bits per heavy atom. The van der Waals surface area contributed by atoms with Gasteiger partial charge in [-0.05, 0) is 49.6 Å². The van der Waals surface area contributed by atoms with Crippen LogP contribution < -0.4 is 10.1 Å². The highest BCUT2D eigenvalue weighted by atomic mass is 16.5. The van der Waals surface area contributed by atoms with Crippen LogP contribution in [0.5, 0.6) is 5.75 Å². The van der Waals surface area contributed by atoms with Gasteiger partial charge in [0, 0.05) is 19.0 Å². The minimum atomic E-state index is -0.663. The molecule has 5 heteroatoms. The van der Waals surface area contributed by atoms with Crippen molar-refractivity contribution < 1.29 is 14.3 Å². The van der Waals surface area contributed by atoms with Crippen LogP contribution in [0.25, 0.3) is 0 Å². The molecule has 33 heavy (non-hydrogen) atoms.